The fourth-order valence-electron chi connectivity index (χ4n) is 1.14. The van der Waals surface area contributed by atoms with Crippen LogP contribution in [-0.4, -0.2) is 30.3 Å². The molecule has 0 unspecified atom stereocenters. The van der Waals surface area contributed by atoms with Crippen LogP contribution >= 0.6 is 0 Å². The molecule has 0 bridgehead atoms. The monoisotopic (exact) mass is 209 g/mol. The van der Waals surface area contributed by atoms with Gasteiger partial charge in [-0.1, -0.05) is 6.58 Å². The van der Waals surface area contributed by atoms with Crippen LogP contribution in [0.2, 0.25) is 0 Å². The highest BCUT2D eigenvalue weighted by Gasteiger charge is 2.18. The van der Waals surface area contributed by atoms with Crippen molar-refractivity contribution in [1.29, 1.82) is 0 Å². The molecule has 0 saturated carbocycles. The molecule has 15 heavy (non-hydrogen) atoms. The van der Waals surface area contributed by atoms with Gasteiger partial charge >= 0.3 is 5.97 Å². The molecule has 0 amide bonds. The molecule has 1 aromatic rings. The molecule has 0 atom stereocenters. The molecule has 0 aliphatic rings. The number of carboxylic acids is 1. The molecule has 5 nitrogen and oxygen atoms in total. The molecule has 0 aliphatic heterocycles. The van der Waals surface area contributed by atoms with Crippen molar-refractivity contribution in [3.05, 3.63) is 24.5 Å². The van der Waals surface area contributed by atoms with Crippen LogP contribution in [-0.2, 0) is 4.79 Å². The third-order valence-electron chi connectivity index (χ3n) is 1.88. The van der Waals surface area contributed by atoms with Crippen LogP contribution in [0.1, 0.15) is 5.56 Å². The summed E-state index contributed by atoms with van der Waals surface area (Å²) in [6.45, 7) is 3.45. The quantitative estimate of drug-likeness (QED) is 0.754. The minimum atomic E-state index is -1.13. The van der Waals surface area contributed by atoms with Crippen molar-refractivity contribution in [2.45, 2.75) is 0 Å². The van der Waals surface area contributed by atoms with E-state index in [-0.39, 0.29) is 5.57 Å². The van der Waals surface area contributed by atoms with Crippen molar-refractivity contribution >= 4 is 11.5 Å². The SMILES string of the molecule is C=C(C(=O)O)c1c(OC)cncc1OC. The van der Waals surface area contributed by atoms with E-state index in [4.69, 9.17) is 14.6 Å². The fraction of sp³-hybridized carbons (Fsp3) is 0.200. The Hall–Kier alpha value is -2.04. The number of carboxylic acid groups (broad SMARTS) is 1. The standard InChI is InChI=1S/C10H11NO4/c1-6(10(12)13)9-7(14-2)4-11-5-8(9)15-3/h4-5H,1H2,2-3H3,(H,12,13). The Morgan fingerprint density at radius 2 is 1.80 bits per heavy atom. The average Bonchev–Trinajstić information content (AvgIpc) is 2.26. The highest BCUT2D eigenvalue weighted by atomic mass is 16.5. The van der Waals surface area contributed by atoms with Gasteiger partial charge in [0, 0.05) is 0 Å². The maximum absolute atomic E-state index is 10.8. The lowest BCUT2D eigenvalue weighted by molar-refractivity contribution is -0.130. The summed E-state index contributed by atoms with van der Waals surface area (Å²) in [5, 5.41) is 8.84. The number of carbonyl (C=O) groups is 1. The molecule has 0 spiro atoms. The number of pyridine rings is 1. The normalized spacial score (nSPS) is 9.47. The number of nitrogens with zero attached hydrogens (tertiary/aromatic N) is 1. The predicted molar refractivity (Wildman–Crippen MR) is 54.0 cm³/mol. The van der Waals surface area contributed by atoms with Gasteiger partial charge in [0.05, 0.1) is 37.7 Å². The first-order chi connectivity index (χ1) is 7.11. The topological polar surface area (TPSA) is 68.7 Å². The summed E-state index contributed by atoms with van der Waals surface area (Å²) in [5.41, 5.74) is 0.216. The lowest BCUT2D eigenvalue weighted by Gasteiger charge is -2.11. The average molecular weight is 209 g/mol. The molecular formula is C10H11NO4. The fourth-order valence-corrected chi connectivity index (χ4v) is 1.14. The second-order valence-electron chi connectivity index (χ2n) is 2.70. The molecule has 0 radical (unpaired) electrons. The Labute approximate surface area is 87.0 Å². The molecule has 1 heterocycles. The first-order valence-electron chi connectivity index (χ1n) is 4.10. The van der Waals surface area contributed by atoms with E-state index in [2.05, 4.69) is 11.6 Å². The van der Waals surface area contributed by atoms with Crippen LogP contribution in [0.3, 0.4) is 0 Å². The number of rotatable bonds is 4. The molecular weight excluding hydrogens is 198 g/mol. The van der Waals surface area contributed by atoms with Crippen LogP contribution in [0.5, 0.6) is 11.5 Å². The van der Waals surface area contributed by atoms with E-state index >= 15 is 0 Å². The largest absolute Gasteiger partial charge is 0.494 e. The van der Waals surface area contributed by atoms with Crippen molar-refractivity contribution in [3.63, 3.8) is 0 Å². The lowest BCUT2D eigenvalue weighted by atomic mass is 10.1. The van der Waals surface area contributed by atoms with Gasteiger partial charge in [-0.3, -0.25) is 4.98 Å². The molecule has 5 heteroatoms. The summed E-state index contributed by atoms with van der Waals surface area (Å²) in [6, 6.07) is 0. The molecule has 0 saturated heterocycles. The third kappa shape index (κ3) is 2.07. The number of hydrogen-bond acceptors (Lipinski definition) is 4. The van der Waals surface area contributed by atoms with E-state index in [9.17, 15) is 4.79 Å². The zero-order valence-corrected chi connectivity index (χ0v) is 8.48. The first kappa shape index (κ1) is 11.0. The second kappa shape index (κ2) is 4.45. The maximum atomic E-state index is 10.8. The Bertz CT molecular complexity index is 378. The van der Waals surface area contributed by atoms with Gasteiger partial charge in [0.1, 0.15) is 11.5 Å². The molecule has 1 aromatic heterocycles. The van der Waals surface area contributed by atoms with Crippen molar-refractivity contribution in [3.8, 4) is 11.5 Å². The van der Waals surface area contributed by atoms with Crippen LogP contribution < -0.4 is 9.47 Å². The number of ether oxygens (including phenoxy) is 2. The van der Waals surface area contributed by atoms with Gasteiger partial charge in [-0.2, -0.15) is 0 Å². The minimum Gasteiger partial charge on any atom is -0.494 e. The number of hydrogen-bond donors (Lipinski definition) is 1. The molecule has 80 valence electrons. The maximum Gasteiger partial charge on any atom is 0.335 e. The van der Waals surface area contributed by atoms with Gasteiger partial charge in [-0.05, 0) is 0 Å². The lowest BCUT2D eigenvalue weighted by Crippen LogP contribution is -2.03. The number of methoxy groups -OCH3 is 2. The second-order valence-corrected chi connectivity index (χ2v) is 2.70. The molecule has 0 aliphatic carbocycles. The van der Waals surface area contributed by atoms with E-state index < -0.39 is 5.97 Å². The van der Waals surface area contributed by atoms with Gasteiger partial charge in [-0.15, -0.1) is 0 Å². The van der Waals surface area contributed by atoms with Crippen molar-refractivity contribution in [2.24, 2.45) is 0 Å². The van der Waals surface area contributed by atoms with E-state index in [0.29, 0.717) is 17.1 Å². The van der Waals surface area contributed by atoms with Gasteiger partial charge in [-0.25, -0.2) is 4.79 Å². The van der Waals surface area contributed by atoms with E-state index in [1.807, 2.05) is 0 Å². The third-order valence-corrected chi connectivity index (χ3v) is 1.88. The van der Waals surface area contributed by atoms with Gasteiger partial charge < -0.3 is 14.6 Å². The van der Waals surface area contributed by atoms with Crippen molar-refractivity contribution < 1.29 is 19.4 Å². The van der Waals surface area contributed by atoms with Gasteiger partial charge in [0.15, 0.2) is 0 Å². The zero-order valence-electron chi connectivity index (χ0n) is 8.48. The summed E-state index contributed by atoms with van der Waals surface area (Å²) in [5.74, 6) is -0.485. The van der Waals surface area contributed by atoms with Crippen LogP contribution in [0.15, 0.2) is 19.0 Å². The highest BCUT2D eigenvalue weighted by Crippen LogP contribution is 2.32. The molecule has 0 aromatic carbocycles. The van der Waals surface area contributed by atoms with E-state index in [0.717, 1.165) is 0 Å². The van der Waals surface area contributed by atoms with Gasteiger partial charge in [0.25, 0.3) is 0 Å². The highest BCUT2D eigenvalue weighted by molar-refractivity contribution is 6.16. The van der Waals surface area contributed by atoms with Gasteiger partial charge in [0.2, 0.25) is 0 Å². The minimum absolute atomic E-state index is 0.0916. The number of aromatic nitrogens is 1. The predicted octanol–water partition coefficient (Wildman–Crippen LogP) is 1.20. The summed E-state index contributed by atoms with van der Waals surface area (Å²) >= 11 is 0. The summed E-state index contributed by atoms with van der Waals surface area (Å²) in [4.78, 5) is 14.6. The van der Waals surface area contributed by atoms with E-state index in [1.165, 1.54) is 26.6 Å². The Kier molecular flexibility index (Phi) is 3.28. The first-order valence-corrected chi connectivity index (χ1v) is 4.10. The van der Waals surface area contributed by atoms with E-state index in [1.54, 1.807) is 0 Å². The Morgan fingerprint density at radius 1 is 1.33 bits per heavy atom. The van der Waals surface area contributed by atoms with Crippen LogP contribution in [0.4, 0.5) is 0 Å². The Morgan fingerprint density at radius 3 is 2.13 bits per heavy atom. The van der Waals surface area contributed by atoms with Crippen LogP contribution in [0, 0.1) is 0 Å². The zero-order chi connectivity index (χ0) is 11.4. The Balaban J connectivity index is 3.34. The molecule has 1 N–H and O–H groups in total. The molecule has 1 rings (SSSR count). The van der Waals surface area contributed by atoms with Crippen LogP contribution in [0.25, 0.3) is 5.57 Å². The summed E-state index contributed by atoms with van der Waals surface area (Å²) in [7, 11) is 2.85. The molecule has 0 fully saturated rings. The number of aliphatic carboxylic acids is 1. The summed E-state index contributed by atoms with van der Waals surface area (Å²) in [6.07, 6.45) is 2.82. The van der Waals surface area contributed by atoms with Crippen molar-refractivity contribution in [1.82, 2.24) is 4.98 Å². The smallest absolute Gasteiger partial charge is 0.335 e. The van der Waals surface area contributed by atoms with Crippen molar-refractivity contribution in [2.75, 3.05) is 14.2 Å². The summed E-state index contributed by atoms with van der Waals surface area (Å²) < 4.78 is 9.98.